The molecule has 0 amide bonds. The number of nitrogens with one attached hydrogen (secondary N) is 1. The summed E-state index contributed by atoms with van der Waals surface area (Å²) in [4.78, 5) is 4.41. The zero-order valence-electron chi connectivity index (χ0n) is 12.6. The van der Waals surface area contributed by atoms with Crippen LogP contribution in [0.4, 0.5) is 11.6 Å². The van der Waals surface area contributed by atoms with Crippen LogP contribution in [0.5, 0.6) is 0 Å². The third kappa shape index (κ3) is 3.20. The van der Waals surface area contributed by atoms with E-state index in [0.29, 0.717) is 12.5 Å². The average Bonchev–Trinajstić information content (AvgIpc) is 2.87. The van der Waals surface area contributed by atoms with Gasteiger partial charge in [0.25, 0.3) is 0 Å². The van der Waals surface area contributed by atoms with Crippen LogP contribution in [0.15, 0.2) is 36.7 Å². The van der Waals surface area contributed by atoms with Gasteiger partial charge in [0.1, 0.15) is 0 Å². The second kappa shape index (κ2) is 6.57. The molecule has 0 saturated carbocycles. The zero-order chi connectivity index (χ0) is 14.5. The smallest absolute Gasteiger partial charge is 0.207 e. The van der Waals surface area contributed by atoms with Gasteiger partial charge in [-0.15, -0.1) is 0 Å². The predicted molar refractivity (Wildman–Crippen MR) is 82.6 cm³/mol. The summed E-state index contributed by atoms with van der Waals surface area (Å²) in [6.07, 6.45) is 3.79. The first-order valence-corrected chi connectivity index (χ1v) is 7.01. The van der Waals surface area contributed by atoms with E-state index < -0.39 is 0 Å². The standard InChI is InChI=1S/C16H23N3O/c1-12(2)14-7-5-6-8-15(14)18-16-17-9-10-19(16)13(3)11-20-4/h5-10,12-13H,11H2,1-4H3,(H,17,18). The van der Waals surface area contributed by atoms with Gasteiger partial charge in [-0.2, -0.15) is 0 Å². The molecule has 0 aliphatic carbocycles. The quantitative estimate of drug-likeness (QED) is 0.866. The van der Waals surface area contributed by atoms with Crippen LogP contribution in [0.3, 0.4) is 0 Å². The van der Waals surface area contributed by atoms with Crippen LogP contribution < -0.4 is 5.32 Å². The number of ether oxygens (including phenoxy) is 1. The molecule has 108 valence electrons. The monoisotopic (exact) mass is 273 g/mol. The van der Waals surface area contributed by atoms with Crippen LogP contribution in [0.1, 0.15) is 38.3 Å². The molecule has 0 saturated heterocycles. The van der Waals surface area contributed by atoms with Crippen LogP contribution in [-0.4, -0.2) is 23.3 Å². The fourth-order valence-electron chi connectivity index (χ4n) is 2.32. The zero-order valence-corrected chi connectivity index (χ0v) is 12.6. The first-order valence-electron chi connectivity index (χ1n) is 7.01. The molecule has 20 heavy (non-hydrogen) atoms. The molecule has 1 unspecified atom stereocenters. The summed E-state index contributed by atoms with van der Waals surface area (Å²) < 4.78 is 7.32. The Morgan fingerprint density at radius 2 is 2.00 bits per heavy atom. The van der Waals surface area contributed by atoms with Gasteiger partial charge in [-0.3, -0.25) is 0 Å². The largest absolute Gasteiger partial charge is 0.383 e. The normalized spacial score (nSPS) is 12.7. The molecule has 2 rings (SSSR count). The van der Waals surface area contributed by atoms with Crippen molar-refractivity contribution >= 4 is 11.6 Å². The van der Waals surface area contributed by atoms with Crippen LogP contribution in [0, 0.1) is 0 Å². The van der Waals surface area contributed by atoms with E-state index in [0.717, 1.165) is 11.6 Å². The molecule has 4 heteroatoms. The molecule has 0 spiro atoms. The molecule has 4 nitrogen and oxygen atoms in total. The Morgan fingerprint density at radius 3 is 2.70 bits per heavy atom. The van der Waals surface area contributed by atoms with Crippen molar-refractivity contribution in [2.24, 2.45) is 0 Å². The predicted octanol–water partition coefficient (Wildman–Crippen LogP) is 3.96. The Morgan fingerprint density at radius 1 is 1.25 bits per heavy atom. The van der Waals surface area contributed by atoms with E-state index in [2.05, 4.69) is 53.8 Å². The van der Waals surface area contributed by atoms with Gasteiger partial charge in [0.05, 0.1) is 12.6 Å². The Hall–Kier alpha value is -1.81. The second-order valence-corrected chi connectivity index (χ2v) is 5.33. The molecule has 1 heterocycles. The van der Waals surface area contributed by atoms with Crippen molar-refractivity contribution in [1.82, 2.24) is 9.55 Å². The minimum absolute atomic E-state index is 0.246. The third-order valence-corrected chi connectivity index (χ3v) is 3.38. The lowest BCUT2D eigenvalue weighted by atomic mass is 10.0. The van der Waals surface area contributed by atoms with E-state index in [9.17, 15) is 0 Å². The topological polar surface area (TPSA) is 39.1 Å². The molecular formula is C16H23N3O. The first kappa shape index (κ1) is 14.6. The summed E-state index contributed by atoms with van der Waals surface area (Å²) in [5.74, 6) is 1.32. The molecule has 0 radical (unpaired) electrons. The number of rotatable bonds is 6. The van der Waals surface area contributed by atoms with E-state index in [4.69, 9.17) is 4.74 Å². The Labute approximate surface area is 120 Å². The molecular weight excluding hydrogens is 250 g/mol. The summed E-state index contributed by atoms with van der Waals surface area (Å²) in [7, 11) is 1.72. The number of aromatic nitrogens is 2. The highest BCUT2D eigenvalue weighted by molar-refractivity contribution is 5.59. The van der Waals surface area contributed by atoms with Gasteiger partial charge < -0.3 is 14.6 Å². The lowest BCUT2D eigenvalue weighted by Gasteiger charge is -2.18. The Kier molecular flexibility index (Phi) is 4.79. The van der Waals surface area contributed by atoms with Crippen LogP contribution in [0.2, 0.25) is 0 Å². The highest BCUT2D eigenvalue weighted by Gasteiger charge is 2.12. The van der Waals surface area contributed by atoms with Crippen molar-refractivity contribution < 1.29 is 4.74 Å². The number of methoxy groups -OCH3 is 1. The lowest BCUT2D eigenvalue weighted by Crippen LogP contribution is -2.13. The number of benzene rings is 1. The fraction of sp³-hybridized carbons (Fsp3) is 0.438. The summed E-state index contributed by atoms with van der Waals surface area (Å²) in [6, 6.07) is 8.60. The highest BCUT2D eigenvalue weighted by atomic mass is 16.5. The number of nitrogens with zero attached hydrogens (tertiary/aromatic N) is 2. The second-order valence-electron chi connectivity index (χ2n) is 5.33. The van der Waals surface area contributed by atoms with Crippen molar-refractivity contribution in [1.29, 1.82) is 0 Å². The summed E-state index contributed by atoms with van der Waals surface area (Å²) >= 11 is 0. The first-order chi connectivity index (χ1) is 9.63. The van der Waals surface area contributed by atoms with Gasteiger partial charge in [-0.1, -0.05) is 32.0 Å². The molecule has 0 fully saturated rings. The van der Waals surface area contributed by atoms with E-state index >= 15 is 0 Å². The fourth-order valence-corrected chi connectivity index (χ4v) is 2.32. The number of para-hydroxylation sites is 1. The minimum atomic E-state index is 0.246. The van der Waals surface area contributed by atoms with Crippen molar-refractivity contribution in [3.05, 3.63) is 42.2 Å². The van der Waals surface area contributed by atoms with Crippen LogP contribution in [0.25, 0.3) is 0 Å². The maximum Gasteiger partial charge on any atom is 0.207 e. The van der Waals surface area contributed by atoms with Gasteiger partial charge in [0, 0.05) is 25.2 Å². The van der Waals surface area contributed by atoms with Crippen LogP contribution in [-0.2, 0) is 4.74 Å². The number of anilines is 2. The van der Waals surface area contributed by atoms with Crippen molar-refractivity contribution in [2.45, 2.75) is 32.7 Å². The van der Waals surface area contributed by atoms with Gasteiger partial charge in [0.15, 0.2) is 0 Å². The highest BCUT2D eigenvalue weighted by Crippen LogP contribution is 2.27. The molecule has 2 aromatic rings. The van der Waals surface area contributed by atoms with E-state index in [1.54, 1.807) is 7.11 Å². The van der Waals surface area contributed by atoms with Crippen LogP contribution >= 0.6 is 0 Å². The molecule has 1 N–H and O–H groups in total. The Bertz CT molecular complexity index is 548. The van der Waals surface area contributed by atoms with Crippen molar-refractivity contribution in [3.63, 3.8) is 0 Å². The summed E-state index contributed by atoms with van der Waals surface area (Å²) in [6.45, 7) is 7.17. The van der Waals surface area contributed by atoms with E-state index in [-0.39, 0.29) is 6.04 Å². The summed E-state index contributed by atoms with van der Waals surface area (Å²) in [5.41, 5.74) is 2.40. The van der Waals surface area contributed by atoms with Gasteiger partial charge >= 0.3 is 0 Å². The molecule has 0 aliphatic heterocycles. The molecule has 0 bridgehead atoms. The minimum Gasteiger partial charge on any atom is -0.383 e. The molecule has 1 aromatic carbocycles. The SMILES string of the molecule is COCC(C)n1ccnc1Nc1ccccc1C(C)C. The number of hydrogen-bond acceptors (Lipinski definition) is 3. The molecule has 1 aromatic heterocycles. The van der Waals surface area contributed by atoms with Crippen molar-refractivity contribution in [2.75, 3.05) is 19.0 Å². The Balaban J connectivity index is 2.25. The molecule has 1 atom stereocenters. The molecule has 0 aliphatic rings. The average molecular weight is 273 g/mol. The summed E-state index contributed by atoms with van der Waals surface area (Å²) in [5, 5.41) is 3.44. The third-order valence-electron chi connectivity index (χ3n) is 3.38. The maximum atomic E-state index is 5.22. The van der Waals surface area contributed by atoms with Gasteiger partial charge in [-0.05, 0) is 24.5 Å². The van der Waals surface area contributed by atoms with Gasteiger partial charge in [-0.25, -0.2) is 4.98 Å². The van der Waals surface area contributed by atoms with Crippen molar-refractivity contribution in [3.8, 4) is 0 Å². The maximum absolute atomic E-state index is 5.22. The number of imidazole rings is 1. The number of hydrogen-bond donors (Lipinski definition) is 1. The van der Waals surface area contributed by atoms with E-state index in [1.807, 2.05) is 18.5 Å². The lowest BCUT2D eigenvalue weighted by molar-refractivity contribution is 0.163. The van der Waals surface area contributed by atoms with Gasteiger partial charge in [0.2, 0.25) is 5.95 Å². The van der Waals surface area contributed by atoms with E-state index in [1.165, 1.54) is 5.56 Å².